The first kappa shape index (κ1) is 28.1. The molecular formula is C27H35F4N5O2. The fraction of sp³-hybridized carbons (Fsp3) is 0.556. The number of hydrogen-bond acceptors (Lipinski definition) is 5. The van der Waals surface area contributed by atoms with E-state index in [1.165, 1.54) is 12.1 Å². The molecule has 3 aliphatic heterocycles. The Kier molecular flexibility index (Phi) is 8.77. The first-order chi connectivity index (χ1) is 18.1. The van der Waals surface area contributed by atoms with Crippen LogP contribution in [0.4, 0.5) is 17.6 Å². The van der Waals surface area contributed by atoms with E-state index in [0.717, 1.165) is 18.0 Å². The highest BCUT2D eigenvalue weighted by atomic mass is 19.4. The second kappa shape index (κ2) is 11.9. The molecule has 3 heterocycles. The van der Waals surface area contributed by atoms with Crippen LogP contribution in [-0.4, -0.2) is 73.1 Å². The van der Waals surface area contributed by atoms with Crippen molar-refractivity contribution < 1.29 is 27.1 Å². The second-order valence-electron chi connectivity index (χ2n) is 10.1. The van der Waals surface area contributed by atoms with Gasteiger partial charge in [0.25, 0.3) is 5.91 Å². The lowest BCUT2D eigenvalue weighted by molar-refractivity contribution is -0.137. The van der Waals surface area contributed by atoms with Gasteiger partial charge >= 0.3 is 6.18 Å². The topological polar surface area (TPSA) is 83.2 Å². The maximum Gasteiger partial charge on any atom is 0.416 e. The van der Waals surface area contributed by atoms with Crippen LogP contribution in [0.3, 0.4) is 0 Å². The van der Waals surface area contributed by atoms with Crippen molar-refractivity contribution in [3.8, 4) is 0 Å². The number of nitrogens with one attached hydrogen (secondary N) is 1. The van der Waals surface area contributed by atoms with Gasteiger partial charge in [0.1, 0.15) is 11.9 Å². The fourth-order valence-corrected chi connectivity index (χ4v) is 5.32. The number of ether oxygens (including phenoxy) is 1. The Balaban J connectivity index is 1.42. The lowest BCUT2D eigenvalue weighted by atomic mass is 9.96. The van der Waals surface area contributed by atoms with Crippen molar-refractivity contribution in [3.63, 3.8) is 0 Å². The van der Waals surface area contributed by atoms with Gasteiger partial charge in [0.05, 0.1) is 18.5 Å². The molecular weight excluding hydrogens is 502 g/mol. The summed E-state index contributed by atoms with van der Waals surface area (Å²) in [6, 6.07) is 3.70. The molecule has 11 heteroatoms. The Morgan fingerprint density at radius 3 is 2.58 bits per heavy atom. The van der Waals surface area contributed by atoms with Gasteiger partial charge < -0.3 is 25.6 Å². The largest absolute Gasteiger partial charge is 0.416 e. The van der Waals surface area contributed by atoms with E-state index in [2.05, 4.69) is 16.9 Å². The minimum absolute atomic E-state index is 0.107. The van der Waals surface area contributed by atoms with E-state index in [1.54, 1.807) is 11.8 Å². The van der Waals surface area contributed by atoms with Gasteiger partial charge in [0.15, 0.2) is 0 Å². The van der Waals surface area contributed by atoms with Crippen molar-refractivity contribution in [2.75, 3.05) is 32.8 Å². The molecule has 208 valence electrons. The van der Waals surface area contributed by atoms with Crippen LogP contribution in [-0.2, 0) is 28.7 Å². The summed E-state index contributed by atoms with van der Waals surface area (Å²) in [7, 11) is 0. The van der Waals surface area contributed by atoms with Crippen LogP contribution < -0.4 is 11.1 Å². The summed E-state index contributed by atoms with van der Waals surface area (Å²) in [6.07, 6.45) is -1.84. The summed E-state index contributed by atoms with van der Waals surface area (Å²) < 4.78 is 59.0. The molecule has 1 amide bonds. The Bertz CT molecular complexity index is 1100. The molecule has 0 aliphatic carbocycles. The molecule has 0 radical (unpaired) electrons. The number of fused-ring (bicyclic) bond motifs is 1. The highest BCUT2D eigenvalue weighted by molar-refractivity contribution is 5.95. The Hall–Kier alpha value is -2.92. The lowest BCUT2D eigenvalue weighted by Crippen LogP contribution is -2.52. The van der Waals surface area contributed by atoms with Gasteiger partial charge in [-0.05, 0) is 55.9 Å². The quantitative estimate of drug-likeness (QED) is 0.191. The number of piperidine rings is 1. The third-order valence-electron chi connectivity index (χ3n) is 7.64. The molecule has 2 saturated heterocycles. The van der Waals surface area contributed by atoms with Crippen LogP contribution in [0.1, 0.15) is 42.9 Å². The van der Waals surface area contributed by atoms with E-state index < -0.39 is 17.9 Å². The number of benzene rings is 1. The normalized spacial score (nSPS) is 23.8. The number of nitrogens with two attached hydrogens (primary N) is 1. The summed E-state index contributed by atoms with van der Waals surface area (Å²) in [4.78, 5) is 21.2. The van der Waals surface area contributed by atoms with E-state index in [4.69, 9.17) is 10.5 Å². The molecule has 38 heavy (non-hydrogen) atoms. The Labute approximate surface area is 220 Å². The zero-order chi connectivity index (χ0) is 27.4. The Morgan fingerprint density at radius 1 is 1.18 bits per heavy atom. The van der Waals surface area contributed by atoms with Crippen LogP contribution in [0.15, 0.2) is 46.7 Å². The number of allylic oxidation sites excluding steroid dienone is 1. The summed E-state index contributed by atoms with van der Waals surface area (Å²) in [5.41, 5.74) is 7.55. The van der Waals surface area contributed by atoms with Gasteiger partial charge in [-0.1, -0.05) is 12.6 Å². The zero-order valence-corrected chi connectivity index (χ0v) is 21.6. The van der Waals surface area contributed by atoms with E-state index in [-0.39, 0.29) is 36.8 Å². The van der Waals surface area contributed by atoms with Crippen LogP contribution in [0.5, 0.6) is 0 Å². The number of carbonyl (C=O) groups excluding carboxylic acids is 1. The number of alkyl halides is 4. The van der Waals surface area contributed by atoms with Gasteiger partial charge in [-0.3, -0.25) is 4.79 Å². The van der Waals surface area contributed by atoms with Crippen molar-refractivity contribution in [1.82, 2.24) is 15.1 Å². The van der Waals surface area contributed by atoms with Crippen LogP contribution >= 0.6 is 0 Å². The van der Waals surface area contributed by atoms with E-state index in [9.17, 15) is 22.4 Å². The average molecular weight is 538 g/mol. The van der Waals surface area contributed by atoms with Crippen LogP contribution in [0, 0.1) is 0 Å². The predicted octanol–water partition coefficient (Wildman–Crippen LogP) is 3.55. The smallest absolute Gasteiger partial charge is 0.390 e. The zero-order valence-electron chi connectivity index (χ0n) is 21.6. The molecule has 0 bridgehead atoms. The third kappa shape index (κ3) is 6.37. The number of nitrogens with zero attached hydrogens (tertiary/aromatic N) is 3. The molecule has 2 fully saturated rings. The minimum Gasteiger partial charge on any atom is -0.390 e. The van der Waals surface area contributed by atoms with Gasteiger partial charge in [-0.2, -0.15) is 13.2 Å². The number of rotatable bonds is 6. The second-order valence-corrected chi connectivity index (χ2v) is 10.1. The highest BCUT2D eigenvalue weighted by Gasteiger charge is 2.33. The van der Waals surface area contributed by atoms with Gasteiger partial charge in [-0.25, -0.2) is 9.38 Å². The number of halogens is 4. The molecule has 1 aromatic rings. The number of likely N-dealkylation sites (tertiary alicyclic amines) is 1. The third-order valence-corrected chi connectivity index (χ3v) is 7.64. The molecule has 0 saturated carbocycles. The molecule has 0 aromatic heterocycles. The van der Waals surface area contributed by atoms with E-state index >= 15 is 0 Å². The molecule has 1 aromatic carbocycles. The number of carbonyl (C=O) groups is 1. The molecule has 4 rings (SSSR count). The number of amides is 1. The molecule has 3 aliphatic rings. The standard InChI is InChI=1S/C27H35F4N5O2/c1-17(18(2)36-9-5-19-3-4-21(27(29,30)31)13-20(19)14-36)25(33-16-32)26(37)35-10-6-22(7-11-35)34-24-8-12-38-15-23(24)28/h3-4,13,16,22-24,34H,2,5-12,14-15H2,1H3,(H2,32,33)/b25-17-/t23-,24+/m0/s1. The fourth-order valence-electron chi connectivity index (χ4n) is 5.32. The number of aliphatic imine (C=N–C) groups is 1. The van der Waals surface area contributed by atoms with Crippen molar-refractivity contribution in [3.05, 3.63) is 58.4 Å². The maximum atomic E-state index is 14.1. The van der Waals surface area contributed by atoms with Gasteiger partial charge in [-0.15, -0.1) is 0 Å². The van der Waals surface area contributed by atoms with Crippen LogP contribution in [0.25, 0.3) is 0 Å². The van der Waals surface area contributed by atoms with E-state index in [1.807, 2.05) is 4.90 Å². The van der Waals surface area contributed by atoms with Crippen LogP contribution in [0.2, 0.25) is 0 Å². The number of hydrogen-bond donors (Lipinski definition) is 2. The SMILES string of the molecule is C=C(/C(C)=C(\N=C/N)C(=O)N1CCC(N[C@@H]2CCOC[C@@H]2F)CC1)N1CCc2ccc(C(F)(F)F)cc2C1. The molecule has 0 unspecified atom stereocenters. The molecule has 3 N–H and O–H groups in total. The van der Waals surface area contributed by atoms with Crippen molar-refractivity contribution in [2.45, 2.75) is 63.6 Å². The summed E-state index contributed by atoms with van der Waals surface area (Å²) in [5.74, 6) is -0.282. The minimum atomic E-state index is -4.42. The maximum absolute atomic E-state index is 14.1. The first-order valence-corrected chi connectivity index (χ1v) is 12.9. The summed E-state index contributed by atoms with van der Waals surface area (Å²) in [6.45, 7) is 8.29. The highest BCUT2D eigenvalue weighted by Crippen LogP contribution is 2.33. The summed E-state index contributed by atoms with van der Waals surface area (Å²) in [5, 5.41) is 3.38. The molecule has 0 spiro atoms. The molecule has 7 nitrogen and oxygen atoms in total. The Morgan fingerprint density at radius 2 is 1.92 bits per heavy atom. The first-order valence-electron chi connectivity index (χ1n) is 12.9. The van der Waals surface area contributed by atoms with Crippen molar-refractivity contribution in [1.29, 1.82) is 0 Å². The predicted molar refractivity (Wildman–Crippen MR) is 137 cm³/mol. The van der Waals surface area contributed by atoms with Gasteiger partial charge in [0.2, 0.25) is 0 Å². The molecule has 2 atom stereocenters. The average Bonchev–Trinajstić information content (AvgIpc) is 2.91. The van der Waals surface area contributed by atoms with Crippen molar-refractivity contribution in [2.24, 2.45) is 10.7 Å². The summed E-state index contributed by atoms with van der Waals surface area (Å²) >= 11 is 0. The monoisotopic (exact) mass is 537 g/mol. The van der Waals surface area contributed by atoms with E-state index in [0.29, 0.717) is 68.8 Å². The van der Waals surface area contributed by atoms with Gasteiger partial charge in [0, 0.05) is 56.1 Å². The lowest BCUT2D eigenvalue weighted by Gasteiger charge is -2.37. The van der Waals surface area contributed by atoms with Crippen molar-refractivity contribution >= 4 is 12.2 Å².